The molecule has 0 amide bonds. The standard InChI is InChI=1S/C14H19N3/c1-3-6-14-16-10-13(17-14)11-7-5-8-12(9-11)15-4-2/h5,7-9,15H,3-4,6,10H2,1-2H3. The van der Waals surface area contributed by atoms with Gasteiger partial charge in [0.1, 0.15) is 5.84 Å². The number of rotatable bonds is 5. The molecule has 0 atom stereocenters. The van der Waals surface area contributed by atoms with E-state index in [1.807, 2.05) is 0 Å². The quantitative estimate of drug-likeness (QED) is 0.827. The van der Waals surface area contributed by atoms with E-state index in [0.717, 1.165) is 43.2 Å². The van der Waals surface area contributed by atoms with Crippen LogP contribution in [0.2, 0.25) is 0 Å². The number of nitrogens with one attached hydrogen (secondary N) is 1. The van der Waals surface area contributed by atoms with E-state index in [0.29, 0.717) is 0 Å². The van der Waals surface area contributed by atoms with Crippen LogP contribution in [0.5, 0.6) is 0 Å². The molecule has 1 aliphatic rings. The Morgan fingerprint density at radius 3 is 2.94 bits per heavy atom. The lowest BCUT2D eigenvalue weighted by atomic mass is 10.1. The molecule has 0 saturated carbocycles. The topological polar surface area (TPSA) is 36.8 Å². The molecule has 1 aromatic carbocycles. The fourth-order valence-electron chi connectivity index (χ4n) is 1.92. The van der Waals surface area contributed by atoms with Gasteiger partial charge >= 0.3 is 0 Å². The van der Waals surface area contributed by atoms with Crippen LogP contribution in [0.15, 0.2) is 34.3 Å². The van der Waals surface area contributed by atoms with Gasteiger partial charge in [-0.2, -0.15) is 0 Å². The van der Waals surface area contributed by atoms with Crippen molar-refractivity contribution in [1.82, 2.24) is 0 Å². The molecule has 90 valence electrons. The second-order valence-electron chi connectivity index (χ2n) is 4.15. The van der Waals surface area contributed by atoms with Crippen LogP contribution in [0.4, 0.5) is 5.69 Å². The highest BCUT2D eigenvalue weighted by Gasteiger charge is 2.11. The summed E-state index contributed by atoms with van der Waals surface area (Å²) in [4.78, 5) is 9.04. The molecule has 1 aromatic rings. The third-order valence-corrected chi connectivity index (χ3v) is 2.73. The summed E-state index contributed by atoms with van der Waals surface area (Å²) in [6, 6.07) is 8.39. The van der Waals surface area contributed by atoms with Gasteiger partial charge in [-0.15, -0.1) is 0 Å². The van der Waals surface area contributed by atoms with Crippen LogP contribution < -0.4 is 5.32 Å². The van der Waals surface area contributed by atoms with Gasteiger partial charge in [-0.3, -0.25) is 4.99 Å². The average Bonchev–Trinajstić information content (AvgIpc) is 2.79. The van der Waals surface area contributed by atoms with Crippen molar-refractivity contribution in [2.75, 3.05) is 18.4 Å². The molecule has 3 nitrogen and oxygen atoms in total. The van der Waals surface area contributed by atoms with Crippen molar-refractivity contribution in [3.63, 3.8) is 0 Å². The monoisotopic (exact) mass is 229 g/mol. The zero-order valence-corrected chi connectivity index (χ0v) is 10.5. The van der Waals surface area contributed by atoms with Crippen LogP contribution in [-0.2, 0) is 0 Å². The molecule has 1 heterocycles. The molecule has 0 aliphatic carbocycles. The van der Waals surface area contributed by atoms with Crippen LogP contribution in [0.3, 0.4) is 0 Å². The Balaban J connectivity index is 2.13. The van der Waals surface area contributed by atoms with Crippen molar-refractivity contribution in [2.24, 2.45) is 9.98 Å². The highest BCUT2D eigenvalue weighted by molar-refractivity contribution is 6.12. The molecule has 17 heavy (non-hydrogen) atoms. The van der Waals surface area contributed by atoms with Gasteiger partial charge in [0.25, 0.3) is 0 Å². The summed E-state index contributed by atoms with van der Waals surface area (Å²) in [6.45, 7) is 5.92. The van der Waals surface area contributed by atoms with Crippen molar-refractivity contribution in [3.05, 3.63) is 29.8 Å². The number of amidine groups is 1. The SMILES string of the molecule is CCCC1=NCC(c2cccc(NCC)c2)=N1. The summed E-state index contributed by atoms with van der Waals surface area (Å²) < 4.78 is 0. The Labute approximate surface area is 103 Å². The predicted octanol–water partition coefficient (Wildman–Crippen LogP) is 3.12. The molecule has 0 radical (unpaired) electrons. The number of aliphatic imine (C=N–C) groups is 2. The highest BCUT2D eigenvalue weighted by atomic mass is 15.0. The van der Waals surface area contributed by atoms with Crippen LogP contribution in [0.25, 0.3) is 0 Å². The van der Waals surface area contributed by atoms with Crippen molar-refractivity contribution >= 4 is 17.2 Å². The summed E-state index contributed by atoms with van der Waals surface area (Å²) in [5, 5.41) is 3.32. The normalized spacial score (nSPS) is 14.5. The molecular formula is C14H19N3. The second-order valence-corrected chi connectivity index (χ2v) is 4.15. The van der Waals surface area contributed by atoms with Gasteiger partial charge in [-0.1, -0.05) is 19.1 Å². The Kier molecular flexibility index (Phi) is 3.91. The van der Waals surface area contributed by atoms with Crippen molar-refractivity contribution in [2.45, 2.75) is 26.7 Å². The molecule has 1 N–H and O–H groups in total. The predicted molar refractivity (Wildman–Crippen MR) is 74.4 cm³/mol. The van der Waals surface area contributed by atoms with Crippen LogP contribution >= 0.6 is 0 Å². The zero-order valence-electron chi connectivity index (χ0n) is 10.5. The molecule has 2 rings (SSSR count). The third-order valence-electron chi connectivity index (χ3n) is 2.73. The highest BCUT2D eigenvalue weighted by Crippen LogP contribution is 2.14. The molecule has 1 aliphatic heterocycles. The van der Waals surface area contributed by atoms with E-state index >= 15 is 0 Å². The van der Waals surface area contributed by atoms with E-state index in [-0.39, 0.29) is 0 Å². The minimum atomic E-state index is 0.727. The first-order chi connectivity index (χ1) is 8.33. The summed E-state index contributed by atoms with van der Waals surface area (Å²) >= 11 is 0. The van der Waals surface area contributed by atoms with Crippen molar-refractivity contribution < 1.29 is 0 Å². The Hall–Kier alpha value is -1.64. The Bertz CT molecular complexity index is 447. The fraction of sp³-hybridized carbons (Fsp3) is 0.429. The van der Waals surface area contributed by atoms with Gasteiger partial charge in [0.05, 0.1) is 12.3 Å². The lowest BCUT2D eigenvalue weighted by Crippen LogP contribution is -2.03. The fourth-order valence-corrected chi connectivity index (χ4v) is 1.92. The number of hydrogen-bond donors (Lipinski definition) is 1. The lowest BCUT2D eigenvalue weighted by molar-refractivity contribution is 0.983. The lowest BCUT2D eigenvalue weighted by Gasteiger charge is -2.05. The molecule has 0 aromatic heterocycles. The average molecular weight is 229 g/mol. The van der Waals surface area contributed by atoms with Gasteiger partial charge in [-0.25, -0.2) is 4.99 Å². The van der Waals surface area contributed by atoms with E-state index in [9.17, 15) is 0 Å². The van der Waals surface area contributed by atoms with E-state index in [2.05, 4.69) is 53.4 Å². The van der Waals surface area contributed by atoms with Crippen LogP contribution in [-0.4, -0.2) is 24.6 Å². The van der Waals surface area contributed by atoms with E-state index in [1.165, 1.54) is 5.56 Å². The van der Waals surface area contributed by atoms with Crippen molar-refractivity contribution in [3.8, 4) is 0 Å². The maximum absolute atomic E-state index is 4.59. The minimum Gasteiger partial charge on any atom is -0.385 e. The minimum absolute atomic E-state index is 0.727. The first-order valence-electron chi connectivity index (χ1n) is 6.28. The largest absolute Gasteiger partial charge is 0.385 e. The summed E-state index contributed by atoms with van der Waals surface area (Å²) in [5.41, 5.74) is 3.42. The Morgan fingerprint density at radius 2 is 2.18 bits per heavy atom. The summed E-state index contributed by atoms with van der Waals surface area (Å²) in [6.07, 6.45) is 2.09. The molecular weight excluding hydrogens is 210 g/mol. The van der Waals surface area contributed by atoms with Gasteiger partial charge in [0, 0.05) is 18.7 Å². The maximum Gasteiger partial charge on any atom is 0.124 e. The third kappa shape index (κ3) is 2.93. The molecule has 0 spiro atoms. The summed E-state index contributed by atoms with van der Waals surface area (Å²) in [5.74, 6) is 0.997. The Morgan fingerprint density at radius 1 is 1.29 bits per heavy atom. The van der Waals surface area contributed by atoms with Crippen LogP contribution in [0.1, 0.15) is 32.3 Å². The molecule has 0 fully saturated rings. The first-order valence-corrected chi connectivity index (χ1v) is 6.28. The second kappa shape index (κ2) is 5.62. The molecule has 0 unspecified atom stereocenters. The van der Waals surface area contributed by atoms with Gasteiger partial charge < -0.3 is 5.32 Å². The van der Waals surface area contributed by atoms with E-state index in [1.54, 1.807) is 0 Å². The molecule has 3 heteroatoms. The van der Waals surface area contributed by atoms with E-state index < -0.39 is 0 Å². The molecule has 0 saturated heterocycles. The smallest absolute Gasteiger partial charge is 0.124 e. The maximum atomic E-state index is 4.59. The number of hydrogen-bond acceptors (Lipinski definition) is 3. The molecule has 0 bridgehead atoms. The van der Waals surface area contributed by atoms with Gasteiger partial charge in [0.2, 0.25) is 0 Å². The zero-order chi connectivity index (χ0) is 12.1. The first kappa shape index (κ1) is 11.8. The number of benzene rings is 1. The van der Waals surface area contributed by atoms with Crippen molar-refractivity contribution in [1.29, 1.82) is 0 Å². The number of anilines is 1. The van der Waals surface area contributed by atoms with Gasteiger partial charge in [-0.05, 0) is 31.0 Å². The van der Waals surface area contributed by atoms with E-state index in [4.69, 9.17) is 0 Å². The summed E-state index contributed by atoms with van der Waals surface area (Å²) in [7, 11) is 0. The van der Waals surface area contributed by atoms with Gasteiger partial charge in [0.15, 0.2) is 0 Å². The number of nitrogens with zero attached hydrogens (tertiary/aromatic N) is 2. The van der Waals surface area contributed by atoms with Crippen LogP contribution in [0, 0.1) is 0 Å².